The Morgan fingerprint density at radius 3 is 2.58 bits per heavy atom. The summed E-state index contributed by atoms with van der Waals surface area (Å²) in [7, 11) is 0. The highest BCUT2D eigenvalue weighted by atomic mass is 19.3. The van der Waals surface area contributed by atoms with Crippen molar-refractivity contribution in [2.45, 2.75) is 37.7 Å². The molecular formula is C21H19F4NO5. The summed E-state index contributed by atoms with van der Waals surface area (Å²) in [6, 6.07) is 12.1. The van der Waals surface area contributed by atoms with Crippen LogP contribution in [0.25, 0.3) is 0 Å². The quantitative estimate of drug-likeness (QED) is 0.613. The minimum absolute atomic E-state index is 0.0693. The molecule has 31 heavy (non-hydrogen) atoms. The molecule has 2 aromatic rings. The van der Waals surface area contributed by atoms with Crippen LogP contribution >= 0.6 is 0 Å². The van der Waals surface area contributed by atoms with Gasteiger partial charge < -0.3 is 19.0 Å². The Balaban J connectivity index is 1.50. The molecular weight excluding hydrogens is 422 g/mol. The molecule has 4 rings (SSSR count). The molecule has 2 aliphatic rings. The maximum atomic E-state index is 13.3. The number of fused-ring (bicyclic) bond motifs is 1. The van der Waals surface area contributed by atoms with Crippen LogP contribution in [0, 0.1) is 0 Å². The number of hydroxylamine groups is 2. The lowest BCUT2D eigenvalue weighted by atomic mass is 9.88. The minimum Gasteiger partial charge on any atom is -0.395 e. The van der Waals surface area contributed by atoms with Crippen molar-refractivity contribution in [3.63, 3.8) is 0 Å². The summed E-state index contributed by atoms with van der Waals surface area (Å²) in [5, 5.41) is 1.32. The van der Waals surface area contributed by atoms with E-state index in [-0.39, 0.29) is 30.6 Å². The standard InChI is InChI=1S/C21H19F4NO5/c22-20(23)28-12-16-8-6-15(11-26(16)31-19(27)13-4-2-1-3-5-13)14-7-9-17-18(10-14)30-21(24,25)29-17/h1-5,7,9-10,15-16,20H,6,8,11-12H2. The average Bonchev–Trinajstić information content (AvgIpc) is 3.06. The normalized spacial score (nSPS) is 22.5. The fourth-order valence-electron chi connectivity index (χ4n) is 3.68. The zero-order chi connectivity index (χ0) is 22.0. The third-order valence-electron chi connectivity index (χ3n) is 5.18. The van der Waals surface area contributed by atoms with E-state index >= 15 is 0 Å². The topological polar surface area (TPSA) is 57.2 Å². The summed E-state index contributed by atoms with van der Waals surface area (Å²) >= 11 is 0. The van der Waals surface area contributed by atoms with Crippen molar-refractivity contribution < 1.29 is 41.4 Å². The molecule has 2 heterocycles. The number of piperidine rings is 1. The van der Waals surface area contributed by atoms with E-state index < -0.39 is 24.9 Å². The lowest BCUT2D eigenvalue weighted by molar-refractivity contribution is -0.286. The number of nitrogens with zero attached hydrogens (tertiary/aromatic N) is 1. The van der Waals surface area contributed by atoms with Gasteiger partial charge in [0.2, 0.25) is 0 Å². The van der Waals surface area contributed by atoms with Crippen molar-refractivity contribution in [1.82, 2.24) is 5.06 Å². The molecule has 0 amide bonds. The first-order valence-corrected chi connectivity index (χ1v) is 9.64. The molecule has 2 unspecified atom stereocenters. The molecule has 0 radical (unpaired) electrons. The lowest BCUT2D eigenvalue weighted by Crippen LogP contribution is -2.46. The number of carbonyl (C=O) groups is 1. The zero-order valence-corrected chi connectivity index (χ0v) is 16.2. The highest BCUT2D eigenvalue weighted by molar-refractivity contribution is 5.89. The SMILES string of the molecule is O=C(ON1CC(c2ccc3c(c2)OC(F)(F)O3)CCC1COC(F)F)c1ccccc1. The molecule has 2 aromatic carbocycles. The predicted molar refractivity (Wildman–Crippen MR) is 98.9 cm³/mol. The molecule has 0 spiro atoms. The largest absolute Gasteiger partial charge is 0.586 e. The number of halogens is 4. The molecule has 0 saturated carbocycles. The second-order valence-corrected chi connectivity index (χ2v) is 7.24. The van der Waals surface area contributed by atoms with E-state index in [1.54, 1.807) is 36.4 Å². The van der Waals surface area contributed by atoms with Gasteiger partial charge in [0, 0.05) is 12.5 Å². The van der Waals surface area contributed by atoms with Crippen molar-refractivity contribution in [2.24, 2.45) is 0 Å². The first-order valence-electron chi connectivity index (χ1n) is 9.64. The third-order valence-corrected chi connectivity index (χ3v) is 5.18. The molecule has 6 nitrogen and oxygen atoms in total. The number of hydrogen-bond acceptors (Lipinski definition) is 6. The van der Waals surface area contributed by atoms with Gasteiger partial charge in [-0.25, -0.2) is 4.79 Å². The second-order valence-electron chi connectivity index (χ2n) is 7.24. The fourth-order valence-corrected chi connectivity index (χ4v) is 3.68. The van der Waals surface area contributed by atoms with Crippen molar-refractivity contribution in [1.29, 1.82) is 0 Å². The summed E-state index contributed by atoms with van der Waals surface area (Å²) < 4.78 is 65.0. The first-order chi connectivity index (χ1) is 14.8. The number of rotatable bonds is 6. The van der Waals surface area contributed by atoms with Crippen molar-refractivity contribution >= 4 is 5.97 Å². The molecule has 10 heteroatoms. The lowest BCUT2D eigenvalue weighted by Gasteiger charge is -2.37. The van der Waals surface area contributed by atoms with Crippen molar-refractivity contribution in [3.05, 3.63) is 59.7 Å². The van der Waals surface area contributed by atoms with Crippen LogP contribution in [0.4, 0.5) is 17.6 Å². The summed E-state index contributed by atoms with van der Waals surface area (Å²) in [4.78, 5) is 18.0. The van der Waals surface area contributed by atoms with Gasteiger partial charge in [-0.2, -0.15) is 8.78 Å². The molecule has 0 N–H and O–H groups in total. The van der Waals surface area contributed by atoms with E-state index in [4.69, 9.17) is 4.84 Å². The van der Waals surface area contributed by atoms with E-state index in [0.717, 1.165) is 0 Å². The van der Waals surface area contributed by atoms with Crippen LogP contribution in [0.5, 0.6) is 11.5 Å². The predicted octanol–water partition coefficient (Wildman–Crippen LogP) is 4.57. The number of hydrogen-bond donors (Lipinski definition) is 0. The van der Waals surface area contributed by atoms with Gasteiger partial charge in [0.1, 0.15) is 0 Å². The molecule has 0 aliphatic carbocycles. The minimum atomic E-state index is -3.72. The summed E-state index contributed by atoms with van der Waals surface area (Å²) in [5.41, 5.74) is 0.984. The zero-order valence-electron chi connectivity index (χ0n) is 16.2. The monoisotopic (exact) mass is 441 g/mol. The van der Waals surface area contributed by atoms with Gasteiger partial charge in [-0.05, 0) is 42.7 Å². The van der Waals surface area contributed by atoms with E-state index in [1.165, 1.54) is 17.2 Å². The maximum absolute atomic E-state index is 13.3. The molecule has 2 aliphatic heterocycles. The fraction of sp³-hybridized carbons (Fsp3) is 0.381. The van der Waals surface area contributed by atoms with Gasteiger partial charge in [0.15, 0.2) is 11.5 Å². The number of carbonyl (C=O) groups excluding carboxylic acids is 1. The van der Waals surface area contributed by atoms with Crippen LogP contribution in [0.1, 0.15) is 34.7 Å². The molecule has 2 atom stereocenters. The van der Waals surface area contributed by atoms with Gasteiger partial charge in [-0.1, -0.05) is 24.3 Å². The number of ether oxygens (including phenoxy) is 3. The van der Waals surface area contributed by atoms with Crippen LogP contribution in [0.2, 0.25) is 0 Å². The Labute approximate surface area is 175 Å². The Hall–Kier alpha value is -2.85. The van der Waals surface area contributed by atoms with Gasteiger partial charge in [0.25, 0.3) is 0 Å². The molecule has 166 valence electrons. The molecule has 1 fully saturated rings. The van der Waals surface area contributed by atoms with E-state index in [9.17, 15) is 22.4 Å². The van der Waals surface area contributed by atoms with E-state index in [0.29, 0.717) is 24.0 Å². The van der Waals surface area contributed by atoms with E-state index in [1.807, 2.05) is 0 Å². The van der Waals surface area contributed by atoms with Crippen LogP contribution in [0.15, 0.2) is 48.5 Å². The van der Waals surface area contributed by atoms with Gasteiger partial charge >= 0.3 is 18.9 Å². The highest BCUT2D eigenvalue weighted by Crippen LogP contribution is 2.43. The second kappa shape index (κ2) is 8.72. The summed E-state index contributed by atoms with van der Waals surface area (Å²) in [5.74, 6) is -0.998. The molecule has 1 saturated heterocycles. The molecule has 0 bridgehead atoms. The van der Waals surface area contributed by atoms with Crippen LogP contribution in [-0.4, -0.2) is 43.1 Å². The Morgan fingerprint density at radius 2 is 1.84 bits per heavy atom. The highest BCUT2D eigenvalue weighted by Gasteiger charge is 2.44. The maximum Gasteiger partial charge on any atom is 0.586 e. The average molecular weight is 441 g/mol. The van der Waals surface area contributed by atoms with Crippen molar-refractivity contribution in [3.8, 4) is 11.5 Å². The Bertz CT molecular complexity index is 927. The summed E-state index contributed by atoms with van der Waals surface area (Å²) in [6.45, 7) is -3.09. The Kier molecular flexibility index (Phi) is 6.01. The number of benzene rings is 2. The van der Waals surface area contributed by atoms with E-state index in [2.05, 4.69) is 14.2 Å². The summed E-state index contributed by atoms with van der Waals surface area (Å²) in [6.07, 6.45) is -2.78. The smallest absolute Gasteiger partial charge is 0.395 e. The van der Waals surface area contributed by atoms with Gasteiger partial charge in [-0.15, -0.1) is 13.8 Å². The molecule has 0 aromatic heterocycles. The van der Waals surface area contributed by atoms with Crippen LogP contribution in [-0.2, 0) is 9.57 Å². The first kappa shape index (κ1) is 21.4. The van der Waals surface area contributed by atoms with Crippen LogP contribution < -0.4 is 9.47 Å². The van der Waals surface area contributed by atoms with Gasteiger partial charge in [-0.3, -0.25) is 0 Å². The van der Waals surface area contributed by atoms with Gasteiger partial charge in [0.05, 0.1) is 18.2 Å². The Morgan fingerprint density at radius 1 is 1.10 bits per heavy atom. The van der Waals surface area contributed by atoms with Crippen LogP contribution in [0.3, 0.4) is 0 Å². The third kappa shape index (κ3) is 5.08. The number of alkyl halides is 4. The van der Waals surface area contributed by atoms with Crippen molar-refractivity contribution in [2.75, 3.05) is 13.2 Å².